The number of unbranched alkanes of at least 4 members (excludes halogenated alkanes) is 9. The van der Waals surface area contributed by atoms with Crippen LogP contribution in [0.1, 0.15) is 78.1 Å². The van der Waals surface area contributed by atoms with E-state index in [1.807, 2.05) is 6.92 Å². The highest BCUT2D eigenvalue weighted by molar-refractivity contribution is 7.80. The lowest BCUT2D eigenvalue weighted by Gasteiger charge is -2.05. The predicted octanol–water partition coefficient (Wildman–Crippen LogP) is 5.47. The van der Waals surface area contributed by atoms with E-state index in [0.29, 0.717) is 0 Å². The Hall–Kier alpha value is 0.310. The van der Waals surface area contributed by atoms with E-state index in [1.54, 1.807) is 0 Å². The first-order chi connectivity index (χ1) is 7.77. The Labute approximate surface area is 108 Å². The molecule has 0 heterocycles. The normalized spacial score (nSPS) is 12.9. The van der Waals surface area contributed by atoms with E-state index in [-0.39, 0.29) is 5.44 Å². The molecule has 16 heavy (non-hydrogen) atoms. The number of hydrogen-bond donors (Lipinski definition) is 0. The molecule has 0 aromatic heterocycles. The fourth-order valence-electron chi connectivity index (χ4n) is 1.84. The summed E-state index contributed by atoms with van der Waals surface area (Å²) in [7, 11) is 0. The van der Waals surface area contributed by atoms with Crippen LogP contribution in [0.5, 0.6) is 0 Å². The monoisotopic (exact) mass is 245 g/mol. The maximum Gasteiger partial charge on any atom is 0.110 e. The third-order valence-electron chi connectivity index (χ3n) is 2.85. The highest BCUT2D eigenvalue weighted by Crippen LogP contribution is 2.10. The third kappa shape index (κ3) is 14.3. The summed E-state index contributed by atoms with van der Waals surface area (Å²) in [4.78, 5) is 0. The van der Waals surface area contributed by atoms with Crippen LogP contribution >= 0.6 is 12.6 Å². The van der Waals surface area contributed by atoms with Crippen LogP contribution in [-0.2, 0) is 4.74 Å². The summed E-state index contributed by atoms with van der Waals surface area (Å²) in [5, 5.41) is 0. The van der Waals surface area contributed by atoms with E-state index >= 15 is 0 Å². The molecule has 0 spiro atoms. The Morgan fingerprint density at radius 2 is 1.25 bits per heavy atom. The van der Waals surface area contributed by atoms with Crippen molar-refractivity contribution in [2.24, 2.45) is 0 Å². The minimum Gasteiger partial charge on any atom is -0.367 e. The second-order valence-corrected chi connectivity index (χ2v) is 5.28. The summed E-state index contributed by atoms with van der Waals surface area (Å²) in [6, 6.07) is 0. The molecule has 1 nitrogen and oxygen atoms in total. The van der Waals surface area contributed by atoms with Gasteiger partial charge >= 0.3 is 0 Å². The Morgan fingerprint density at radius 3 is 1.69 bits per heavy atom. The van der Waals surface area contributed by atoms with E-state index in [2.05, 4.69) is 6.92 Å². The highest BCUT2D eigenvalue weighted by Gasteiger charge is 1.95. The minimum atomic E-state index is -0.0152. The van der Waals surface area contributed by atoms with Crippen molar-refractivity contribution >= 4 is 12.6 Å². The van der Waals surface area contributed by atoms with Gasteiger partial charge in [-0.05, 0) is 13.3 Å². The number of ether oxygens (including phenoxy) is 1. The first-order valence-corrected chi connectivity index (χ1v) is 7.52. The standard InChI is InChI=1S/C14H29OS/c1-3-4-5-6-7-8-9-10-11-12-13-15-14(2)16/h14H,3-13H2,1-2H3. The quantitative estimate of drug-likeness (QED) is 0.414. The molecule has 0 fully saturated rings. The molecular formula is C14H29OS. The molecule has 2 heteroatoms. The average molecular weight is 245 g/mol. The smallest absolute Gasteiger partial charge is 0.110 e. The SMILES string of the molecule is CCCCCCCCCCCCOC(C)[S]. The maximum absolute atomic E-state index is 5.33. The van der Waals surface area contributed by atoms with Crippen molar-refractivity contribution in [3.63, 3.8) is 0 Å². The lowest BCUT2D eigenvalue weighted by molar-refractivity contribution is 0.121. The van der Waals surface area contributed by atoms with Gasteiger partial charge in [-0.3, -0.25) is 0 Å². The first kappa shape index (κ1) is 16.3. The summed E-state index contributed by atoms with van der Waals surface area (Å²) >= 11 is 4.93. The van der Waals surface area contributed by atoms with Crippen molar-refractivity contribution in [2.45, 2.75) is 83.5 Å². The number of rotatable bonds is 12. The van der Waals surface area contributed by atoms with E-state index in [0.717, 1.165) is 6.61 Å². The Morgan fingerprint density at radius 1 is 0.812 bits per heavy atom. The molecule has 0 bridgehead atoms. The van der Waals surface area contributed by atoms with Gasteiger partial charge in [0.05, 0.1) is 0 Å². The molecule has 0 aromatic rings. The van der Waals surface area contributed by atoms with Gasteiger partial charge < -0.3 is 4.74 Å². The summed E-state index contributed by atoms with van der Waals surface area (Å²) in [5.74, 6) is 0. The van der Waals surface area contributed by atoms with Gasteiger partial charge in [0.15, 0.2) is 0 Å². The lowest BCUT2D eigenvalue weighted by atomic mass is 10.1. The molecule has 0 aromatic carbocycles. The molecule has 0 N–H and O–H groups in total. The minimum absolute atomic E-state index is 0.0152. The zero-order valence-electron chi connectivity index (χ0n) is 11.2. The first-order valence-electron chi connectivity index (χ1n) is 7.04. The second-order valence-electron chi connectivity index (χ2n) is 4.62. The van der Waals surface area contributed by atoms with Crippen molar-refractivity contribution in [2.75, 3.05) is 6.61 Å². The molecule has 1 unspecified atom stereocenters. The van der Waals surface area contributed by atoms with Gasteiger partial charge in [0.2, 0.25) is 0 Å². The maximum atomic E-state index is 5.33. The summed E-state index contributed by atoms with van der Waals surface area (Å²) in [6.45, 7) is 5.04. The van der Waals surface area contributed by atoms with Gasteiger partial charge in [0.25, 0.3) is 0 Å². The van der Waals surface area contributed by atoms with Gasteiger partial charge in [0, 0.05) is 6.61 Å². The number of hydrogen-bond acceptors (Lipinski definition) is 1. The van der Waals surface area contributed by atoms with E-state index in [9.17, 15) is 0 Å². The Balaban J connectivity index is 2.88. The van der Waals surface area contributed by atoms with Crippen LogP contribution in [0.4, 0.5) is 0 Å². The van der Waals surface area contributed by atoms with Crippen molar-refractivity contribution in [1.82, 2.24) is 0 Å². The zero-order valence-corrected chi connectivity index (χ0v) is 12.0. The summed E-state index contributed by atoms with van der Waals surface area (Å²) < 4.78 is 5.33. The molecule has 0 amide bonds. The van der Waals surface area contributed by atoms with Crippen LogP contribution < -0.4 is 0 Å². The molecule has 0 rings (SSSR count). The molecule has 0 saturated heterocycles. The van der Waals surface area contributed by atoms with Crippen LogP contribution in [0.15, 0.2) is 0 Å². The van der Waals surface area contributed by atoms with Crippen molar-refractivity contribution in [1.29, 1.82) is 0 Å². The summed E-state index contributed by atoms with van der Waals surface area (Å²) in [6.07, 6.45) is 13.7. The summed E-state index contributed by atoms with van der Waals surface area (Å²) in [5.41, 5.74) is -0.0152. The second kappa shape index (κ2) is 13.4. The van der Waals surface area contributed by atoms with Gasteiger partial charge in [-0.25, -0.2) is 0 Å². The van der Waals surface area contributed by atoms with Crippen molar-refractivity contribution < 1.29 is 4.74 Å². The highest BCUT2D eigenvalue weighted by atomic mass is 32.1. The van der Waals surface area contributed by atoms with Crippen LogP contribution in [-0.4, -0.2) is 12.0 Å². The molecule has 1 radical (unpaired) electrons. The fraction of sp³-hybridized carbons (Fsp3) is 1.00. The van der Waals surface area contributed by atoms with Gasteiger partial charge in [-0.15, -0.1) is 0 Å². The third-order valence-corrected chi connectivity index (χ3v) is 2.99. The predicted molar refractivity (Wildman–Crippen MR) is 74.8 cm³/mol. The van der Waals surface area contributed by atoms with E-state index < -0.39 is 0 Å². The van der Waals surface area contributed by atoms with Gasteiger partial charge in [0.1, 0.15) is 5.44 Å². The van der Waals surface area contributed by atoms with E-state index in [4.69, 9.17) is 17.4 Å². The molecule has 0 aliphatic carbocycles. The largest absolute Gasteiger partial charge is 0.367 e. The van der Waals surface area contributed by atoms with Crippen LogP contribution in [0.25, 0.3) is 0 Å². The van der Waals surface area contributed by atoms with Crippen molar-refractivity contribution in [3.05, 3.63) is 0 Å². The topological polar surface area (TPSA) is 9.23 Å². The molecular weight excluding hydrogens is 216 g/mol. The Kier molecular flexibility index (Phi) is 13.6. The molecule has 0 saturated carbocycles. The zero-order chi connectivity index (χ0) is 12.1. The fourth-order valence-corrected chi connectivity index (χ4v) is 1.94. The van der Waals surface area contributed by atoms with Gasteiger partial charge in [-0.2, -0.15) is 0 Å². The van der Waals surface area contributed by atoms with Crippen LogP contribution in [0.3, 0.4) is 0 Å². The lowest BCUT2D eigenvalue weighted by Crippen LogP contribution is -2.00. The Bertz CT molecular complexity index is 126. The van der Waals surface area contributed by atoms with Crippen LogP contribution in [0.2, 0.25) is 0 Å². The van der Waals surface area contributed by atoms with Crippen LogP contribution in [0, 0.1) is 0 Å². The molecule has 97 valence electrons. The molecule has 0 aliphatic rings. The average Bonchev–Trinajstić information content (AvgIpc) is 2.25. The van der Waals surface area contributed by atoms with E-state index in [1.165, 1.54) is 64.2 Å². The van der Waals surface area contributed by atoms with Gasteiger partial charge in [-0.1, -0.05) is 77.3 Å². The molecule has 0 aliphatic heterocycles. The molecule has 1 atom stereocenters. The van der Waals surface area contributed by atoms with Crippen molar-refractivity contribution in [3.8, 4) is 0 Å².